The van der Waals surface area contributed by atoms with Gasteiger partial charge in [0.2, 0.25) is 0 Å². The smallest absolute Gasteiger partial charge is 0.315 e. The van der Waals surface area contributed by atoms with Crippen molar-refractivity contribution in [1.29, 1.82) is 0 Å². The van der Waals surface area contributed by atoms with E-state index in [0.717, 1.165) is 17.7 Å². The summed E-state index contributed by atoms with van der Waals surface area (Å²) in [5.74, 6) is 0.943. The number of carbonyl (C=O) groups is 1. The van der Waals surface area contributed by atoms with Crippen molar-refractivity contribution in [1.82, 2.24) is 15.6 Å². The Morgan fingerprint density at radius 1 is 1.04 bits per heavy atom. The first-order chi connectivity index (χ1) is 12.0. The predicted octanol–water partition coefficient (Wildman–Crippen LogP) is 4.48. The molecule has 1 aromatic heterocycles. The number of rotatable bonds is 7. The zero-order valence-corrected chi connectivity index (χ0v) is 15.6. The Morgan fingerprint density at radius 3 is 2.32 bits per heavy atom. The van der Waals surface area contributed by atoms with Gasteiger partial charge in [-0.3, -0.25) is 4.98 Å². The molecule has 4 nitrogen and oxygen atoms in total. The fourth-order valence-corrected chi connectivity index (χ4v) is 2.83. The minimum Gasteiger partial charge on any atom is -0.332 e. The Balaban J connectivity index is 1.96. The summed E-state index contributed by atoms with van der Waals surface area (Å²) in [4.78, 5) is 16.5. The van der Waals surface area contributed by atoms with Crippen LogP contribution >= 0.6 is 0 Å². The average molecular weight is 339 g/mol. The van der Waals surface area contributed by atoms with E-state index in [4.69, 9.17) is 0 Å². The number of hydrogen-bond donors (Lipinski definition) is 2. The van der Waals surface area contributed by atoms with Gasteiger partial charge in [-0.25, -0.2) is 4.79 Å². The second kappa shape index (κ2) is 9.21. The molecule has 0 spiro atoms. The summed E-state index contributed by atoms with van der Waals surface area (Å²) >= 11 is 0. The number of pyridine rings is 1. The maximum Gasteiger partial charge on any atom is 0.315 e. The molecule has 1 aromatic carbocycles. The van der Waals surface area contributed by atoms with Crippen LogP contribution in [-0.4, -0.2) is 11.0 Å². The van der Waals surface area contributed by atoms with Gasteiger partial charge in [0.05, 0.1) is 18.3 Å². The molecule has 0 aliphatic rings. The summed E-state index contributed by atoms with van der Waals surface area (Å²) in [5, 5.41) is 5.96. The molecule has 1 atom stereocenters. The highest BCUT2D eigenvalue weighted by atomic mass is 16.2. The van der Waals surface area contributed by atoms with Crippen molar-refractivity contribution in [2.24, 2.45) is 11.8 Å². The summed E-state index contributed by atoms with van der Waals surface area (Å²) < 4.78 is 0. The van der Waals surface area contributed by atoms with Crippen LogP contribution in [0.4, 0.5) is 4.79 Å². The van der Waals surface area contributed by atoms with E-state index in [0.29, 0.717) is 18.4 Å². The normalized spacial score (nSPS) is 12.2. The Labute approximate surface area is 151 Å². The number of amides is 2. The summed E-state index contributed by atoms with van der Waals surface area (Å²) in [7, 11) is 0. The first-order valence-electron chi connectivity index (χ1n) is 8.98. The second-order valence-corrected chi connectivity index (χ2v) is 7.21. The first-order valence-corrected chi connectivity index (χ1v) is 8.98. The van der Waals surface area contributed by atoms with Crippen LogP contribution in [0, 0.1) is 11.8 Å². The average Bonchev–Trinajstić information content (AvgIpc) is 2.59. The Hall–Kier alpha value is -2.36. The number of urea groups is 1. The van der Waals surface area contributed by atoms with Crippen LogP contribution in [0.25, 0.3) is 0 Å². The number of carbonyl (C=O) groups excluding carboxylic acids is 1. The van der Waals surface area contributed by atoms with Gasteiger partial charge in [0, 0.05) is 6.20 Å². The third kappa shape index (κ3) is 6.22. The second-order valence-electron chi connectivity index (χ2n) is 7.21. The highest BCUT2D eigenvalue weighted by Gasteiger charge is 2.18. The standard InChI is InChI=1S/C21H29N3O/c1-15(2)13-17-8-10-18(11-9-17)20(16(3)4)24-21(25)23-14-19-7-5-6-12-22-19/h5-12,15-16,20H,13-14H2,1-4H3,(H2,23,24,25)/t20-/m0/s1. The number of nitrogens with one attached hydrogen (secondary N) is 2. The number of benzene rings is 1. The predicted molar refractivity (Wildman–Crippen MR) is 102 cm³/mol. The Kier molecular flexibility index (Phi) is 6.99. The molecule has 0 fully saturated rings. The lowest BCUT2D eigenvalue weighted by Gasteiger charge is -2.23. The maximum absolute atomic E-state index is 12.3. The highest BCUT2D eigenvalue weighted by Crippen LogP contribution is 2.22. The molecular formula is C21H29N3O. The molecule has 0 saturated carbocycles. The quantitative estimate of drug-likeness (QED) is 0.781. The Morgan fingerprint density at radius 2 is 1.76 bits per heavy atom. The molecule has 0 aliphatic heterocycles. The molecule has 4 heteroatoms. The monoisotopic (exact) mass is 339 g/mol. The van der Waals surface area contributed by atoms with Crippen molar-refractivity contribution in [3.05, 3.63) is 65.5 Å². The lowest BCUT2D eigenvalue weighted by Crippen LogP contribution is -2.39. The van der Waals surface area contributed by atoms with Crippen LogP contribution in [0.15, 0.2) is 48.7 Å². The minimum atomic E-state index is -0.171. The van der Waals surface area contributed by atoms with Gasteiger partial charge in [0.25, 0.3) is 0 Å². The largest absolute Gasteiger partial charge is 0.332 e. The molecule has 0 unspecified atom stereocenters. The molecule has 0 aliphatic carbocycles. The van der Waals surface area contributed by atoms with Crippen molar-refractivity contribution in [3.8, 4) is 0 Å². The first kappa shape index (κ1) is 19.0. The summed E-state index contributed by atoms with van der Waals surface area (Å²) in [6.45, 7) is 9.10. The van der Waals surface area contributed by atoms with Crippen LogP contribution in [0.5, 0.6) is 0 Å². The van der Waals surface area contributed by atoms with E-state index >= 15 is 0 Å². The molecule has 134 valence electrons. The van der Waals surface area contributed by atoms with E-state index in [1.54, 1.807) is 6.20 Å². The van der Waals surface area contributed by atoms with Crippen LogP contribution in [0.1, 0.15) is 50.6 Å². The lowest BCUT2D eigenvalue weighted by atomic mass is 9.94. The molecule has 0 radical (unpaired) electrons. The molecule has 0 saturated heterocycles. The molecule has 2 rings (SSSR count). The zero-order chi connectivity index (χ0) is 18.2. The van der Waals surface area contributed by atoms with Crippen molar-refractivity contribution < 1.29 is 4.79 Å². The van der Waals surface area contributed by atoms with Crippen molar-refractivity contribution in [3.63, 3.8) is 0 Å². The lowest BCUT2D eigenvalue weighted by molar-refractivity contribution is 0.232. The fraction of sp³-hybridized carbons (Fsp3) is 0.429. The van der Waals surface area contributed by atoms with Crippen molar-refractivity contribution >= 4 is 6.03 Å². The van der Waals surface area contributed by atoms with Gasteiger partial charge >= 0.3 is 6.03 Å². The van der Waals surface area contributed by atoms with Crippen LogP contribution in [0.2, 0.25) is 0 Å². The van der Waals surface area contributed by atoms with E-state index < -0.39 is 0 Å². The fourth-order valence-electron chi connectivity index (χ4n) is 2.83. The minimum absolute atomic E-state index is 0.0168. The van der Waals surface area contributed by atoms with E-state index in [1.807, 2.05) is 18.2 Å². The van der Waals surface area contributed by atoms with E-state index in [9.17, 15) is 4.79 Å². The molecule has 25 heavy (non-hydrogen) atoms. The van der Waals surface area contributed by atoms with Gasteiger partial charge in [-0.15, -0.1) is 0 Å². The van der Waals surface area contributed by atoms with Crippen LogP contribution in [-0.2, 0) is 13.0 Å². The third-order valence-electron chi connectivity index (χ3n) is 4.09. The molecule has 2 amide bonds. The zero-order valence-electron chi connectivity index (χ0n) is 15.6. The summed E-state index contributed by atoms with van der Waals surface area (Å²) in [5.41, 5.74) is 3.31. The topological polar surface area (TPSA) is 54.0 Å². The highest BCUT2D eigenvalue weighted by molar-refractivity contribution is 5.74. The van der Waals surface area contributed by atoms with Crippen LogP contribution in [0.3, 0.4) is 0 Å². The molecule has 0 bridgehead atoms. The van der Waals surface area contributed by atoms with Crippen molar-refractivity contribution in [2.75, 3.05) is 0 Å². The van der Waals surface area contributed by atoms with E-state index in [-0.39, 0.29) is 12.1 Å². The van der Waals surface area contributed by atoms with Gasteiger partial charge in [0.1, 0.15) is 0 Å². The molecule has 1 heterocycles. The number of aromatic nitrogens is 1. The van der Waals surface area contributed by atoms with Gasteiger partial charge < -0.3 is 10.6 Å². The maximum atomic E-state index is 12.3. The number of hydrogen-bond acceptors (Lipinski definition) is 2. The number of nitrogens with zero attached hydrogens (tertiary/aromatic N) is 1. The summed E-state index contributed by atoms with van der Waals surface area (Å²) in [6.07, 6.45) is 2.80. The van der Waals surface area contributed by atoms with Crippen LogP contribution < -0.4 is 10.6 Å². The van der Waals surface area contributed by atoms with Gasteiger partial charge in [0.15, 0.2) is 0 Å². The van der Waals surface area contributed by atoms with E-state index in [2.05, 4.69) is 67.6 Å². The SMILES string of the molecule is CC(C)Cc1ccc([C@@H](NC(=O)NCc2ccccn2)C(C)C)cc1. The van der Waals surface area contributed by atoms with Gasteiger partial charge in [-0.05, 0) is 41.5 Å². The Bertz CT molecular complexity index is 651. The molecule has 2 aromatic rings. The summed E-state index contributed by atoms with van der Waals surface area (Å²) in [6, 6.07) is 14.1. The molecule has 2 N–H and O–H groups in total. The van der Waals surface area contributed by atoms with Gasteiger partial charge in [-0.1, -0.05) is 58.0 Å². The van der Waals surface area contributed by atoms with Crippen molar-refractivity contribution in [2.45, 2.75) is 46.7 Å². The molecular weight excluding hydrogens is 310 g/mol. The van der Waals surface area contributed by atoms with Gasteiger partial charge in [-0.2, -0.15) is 0 Å². The third-order valence-corrected chi connectivity index (χ3v) is 4.09. The van der Waals surface area contributed by atoms with E-state index in [1.165, 1.54) is 5.56 Å².